The number of carbonyl (C=O) groups is 1. The van der Waals surface area contributed by atoms with Crippen LogP contribution in [0.1, 0.15) is 56.8 Å². The summed E-state index contributed by atoms with van der Waals surface area (Å²) in [5.74, 6) is 0.997. The number of ether oxygens (including phenoxy) is 1. The van der Waals surface area contributed by atoms with E-state index < -0.39 is 5.60 Å². The van der Waals surface area contributed by atoms with Gasteiger partial charge in [0.2, 0.25) is 0 Å². The van der Waals surface area contributed by atoms with Gasteiger partial charge in [0.15, 0.2) is 5.78 Å². The van der Waals surface area contributed by atoms with E-state index in [4.69, 9.17) is 16.3 Å². The lowest BCUT2D eigenvalue weighted by Crippen LogP contribution is -2.30. The minimum Gasteiger partial charge on any atom is -0.496 e. The molecule has 1 N–H and O–H groups in total. The van der Waals surface area contributed by atoms with Crippen LogP contribution in [0, 0.1) is 5.92 Å². The minimum atomic E-state index is -0.904. The second kappa shape index (κ2) is 8.52. The molecule has 28 heavy (non-hydrogen) atoms. The summed E-state index contributed by atoms with van der Waals surface area (Å²) in [6.45, 7) is 6.73. The van der Waals surface area contributed by atoms with Crippen LogP contribution in [0.25, 0.3) is 0 Å². The molecule has 1 heterocycles. The SMILES string of the molecule is CCC(C)(O)C1=C(C)N(CC2CCC2)/C(=C/C(=O)c2cc(Cl)ccc2OC)S1. The summed E-state index contributed by atoms with van der Waals surface area (Å²) in [7, 11) is 1.54. The molecule has 152 valence electrons. The van der Waals surface area contributed by atoms with E-state index in [2.05, 4.69) is 4.90 Å². The Morgan fingerprint density at radius 3 is 2.75 bits per heavy atom. The zero-order valence-electron chi connectivity index (χ0n) is 16.9. The van der Waals surface area contributed by atoms with Gasteiger partial charge in [0, 0.05) is 28.2 Å². The molecule has 0 aromatic heterocycles. The van der Waals surface area contributed by atoms with Crippen molar-refractivity contribution < 1.29 is 14.6 Å². The maximum atomic E-state index is 13.0. The summed E-state index contributed by atoms with van der Waals surface area (Å²) >= 11 is 7.60. The van der Waals surface area contributed by atoms with Crippen molar-refractivity contribution in [3.05, 3.63) is 50.5 Å². The third kappa shape index (κ3) is 4.27. The first-order valence-electron chi connectivity index (χ1n) is 9.75. The second-order valence-corrected chi connectivity index (χ2v) is 9.21. The van der Waals surface area contributed by atoms with Crippen LogP contribution in [0.15, 0.2) is 39.9 Å². The van der Waals surface area contributed by atoms with E-state index in [1.165, 1.54) is 31.0 Å². The van der Waals surface area contributed by atoms with Gasteiger partial charge in [-0.15, -0.1) is 0 Å². The van der Waals surface area contributed by atoms with E-state index in [1.807, 2.05) is 20.8 Å². The fourth-order valence-corrected chi connectivity index (χ4v) is 5.00. The molecule has 1 aliphatic carbocycles. The summed E-state index contributed by atoms with van der Waals surface area (Å²) in [5, 5.41) is 12.2. The molecule has 2 aliphatic rings. The van der Waals surface area contributed by atoms with E-state index in [0.717, 1.165) is 22.2 Å². The van der Waals surface area contributed by atoms with Gasteiger partial charge in [-0.2, -0.15) is 0 Å². The number of ketones is 1. The average molecular weight is 422 g/mol. The summed E-state index contributed by atoms with van der Waals surface area (Å²) < 4.78 is 5.34. The van der Waals surface area contributed by atoms with E-state index >= 15 is 0 Å². The van der Waals surface area contributed by atoms with E-state index in [1.54, 1.807) is 31.4 Å². The Morgan fingerprint density at radius 2 is 2.18 bits per heavy atom. The van der Waals surface area contributed by atoms with Gasteiger partial charge in [-0.25, -0.2) is 0 Å². The molecule has 1 aromatic rings. The third-order valence-corrected chi connectivity index (χ3v) is 7.45. The summed E-state index contributed by atoms with van der Waals surface area (Å²) in [5.41, 5.74) is 0.583. The fraction of sp³-hybridized carbons (Fsp3) is 0.500. The maximum Gasteiger partial charge on any atom is 0.192 e. The van der Waals surface area contributed by atoms with Crippen LogP contribution in [-0.4, -0.2) is 35.0 Å². The fourth-order valence-electron chi connectivity index (χ4n) is 3.51. The van der Waals surface area contributed by atoms with Crippen molar-refractivity contribution in [2.75, 3.05) is 13.7 Å². The van der Waals surface area contributed by atoms with Crippen molar-refractivity contribution in [3.8, 4) is 5.75 Å². The normalized spacial score (nSPS) is 21.1. The summed E-state index contributed by atoms with van der Waals surface area (Å²) in [6, 6.07) is 5.05. The Bertz CT molecular complexity index is 827. The van der Waals surface area contributed by atoms with Crippen molar-refractivity contribution in [3.63, 3.8) is 0 Å². The van der Waals surface area contributed by atoms with Gasteiger partial charge in [-0.05, 0) is 57.2 Å². The van der Waals surface area contributed by atoms with Gasteiger partial charge in [-0.3, -0.25) is 4.79 Å². The summed E-state index contributed by atoms with van der Waals surface area (Å²) in [4.78, 5) is 16.2. The van der Waals surface area contributed by atoms with Gasteiger partial charge in [0.05, 0.1) is 23.3 Å². The first kappa shape index (κ1) is 21.3. The number of allylic oxidation sites excluding steroid dienone is 2. The van der Waals surface area contributed by atoms with Crippen LogP contribution in [-0.2, 0) is 0 Å². The van der Waals surface area contributed by atoms with Crippen LogP contribution >= 0.6 is 23.4 Å². The summed E-state index contributed by atoms with van der Waals surface area (Å²) in [6.07, 6.45) is 5.98. The quantitative estimate of drug-likeness (QED) is 0.457. The highest BCUT2D eigenvalue weighted by atomic mass is 35.5. The number of hydrogen-bond donors (Lipinski definition) is 1. The van der Waals surface area contributed by atoms with Crippen LogP contribution in [0.5, 0.6) is 5.75 Å². The van der Waals surface area contributed by atoms with Crippen molar-refractivity contribution in [1.82, 2.24) is 4.90 Å². The van der Waals surface area contributed by atoms with Crippen LogP contribution in [0.4, 0.5) is 0 Å². The molecular formula is C22H28ClNO3S. The first-order valence-corrected chi connectivity index (χ1v) is 10.9. The largest absolute Gasteiger partial charge is 0.496 e. The van der Waals surface area contributed by atoms with Crippen molar-refractivity contribution in [1.29, 1.82) is 0 Å². The standard InChI is InChI=1S/C22H28ClNO3S/c1-5-22(3,26)21-14(2)24(13-15-7-6-8-15)20(28-21)12-18(25)17-11-16(23)9-10-19(17)27-4/h9-12,15,26H,5-8,13H2,1-4H3/b20-12-. The van der Waals surface area contributed by atoms with Gasteiger partial charge in [0.25, 0.3) is 0 Å². The lowest BCUT2D eigenvalue weighted by atomic mass is 9.85. The Hall–Kier alpha value is -1.43. The Balaban J connectivity index is 1.94. The highest BCUT2D eigenvalue weighted by molar-refractivity contribution is 8.07. The van der Waals surface area contributed by atoms with Crippen LogP contribution in [0.2, 0.25) is 5.02 Å². The highest BCUT2D eigenvalue weighted by Gasteiger charge is 2.37. The molecule has 1 atom stereocenters. The molecule has 0 amide bonds. The molecule has 1 fully saturated rings. The zero-order valence-corrected chi connectivity index (χ0v) is 18.5. The smallest absolute Gasteiger partial charge is 0.192 e. The molecule has 0 saturated heterocycles. The van der Waals surface area contributed by atoms with Gasteiger partial charge in [-0.1, -0.05) is 36.7 Å². The predicted molar refractivity (Wildman–Crippen MR) is 116 cm³/mol. The molecule has 0 radical (unpaired) electrons. The monoisotopic (exact) mass is 421 g/mol. The van der Waals surface area contributed by atoms with E-state index in [-0.39, 0.29) is 5.78 Å². The Labute approximate surface area is 176 Å². The van der Waals surface area contributed by atoms with Gasteiger partial charge in [0.1, 0.15) is 5.75 Å². The molecule has 1 aliphatic heterocycles. The van der Waals surface area contributed by atoms with E-state index in [9.17, 15) is 9.90 Å². The number of aliphatic hydroxyl groups is 1. The van der Waals surface area contributed by atoms with Gasteiger partial charge >= 0.3 is 0 Å². The molecule has 4 nitrogen and oxygen atoms in total. The lowest BCUT2D eigenvalue weighted by molar-refractivity contribution is 0.101. The molecular weight excluding hydrogens is 394 g/mol. The Kier molecular flexibility index (Phi) is 6.47. The van der Waals surface area contributed by atoms with Crippen molar-refractivity contribution >= 4 is 29.1 Å². The average Bonchev–Trinajstić information content (AvgIpc) is 2.94. The number of hydrogen-bond acceptors (Lipinski definition) is 5. The first-order chi connectivity index (χ1) is 13.3. The lowest BCUT2D eigenvalue weighted by Gasteiger charge is -2.32. The number of nitrogens with zero attached hydrogens (tertiary/aromatic N) is 1. The Morgan fingerprint density at radius 1 is 1.46 bits per heavy atom. The zero-order chi connectivity index (χ0) is 20.5. The molecule has 1 aromatic carbocycles. The van der Waals surface area contributed by atoms with Crippen LogP contribution in [0.3, 0.4) is 0 Å². The molecule has 6 heteroatoms. The van der Waals surface area contributed by atoms with Crippen molar-refractivity contribution in [2.24, 2.45) is 5.92 Å². The minimum absolute atomic E-state index is 0.148. The molecule has 0 bridgehead atoms. The van der Waals surface area contributed by atoms with Gasteiger partial charge < -0.3 is 14.7 Å². The van der Waals surface area contributed by atoms with Crippen LogP contribution < -0.4 is 4.74 Å². The topological polar surface area (TPSA) is 49.8 Å². The molecule has 1 unspecified atom stereocenters. The number of methoxy groups -OCH3 is 1. The number of carbonyl (C=O) groups excluding carboxylic acids is 1. The van der Waals surface area contributed by atoms with Crippen molar-refractivity contribution in [2.45, 2.75) is 52.1 Å². The molecule has 3 rings (SSSR count). The predicted octanol–water partition coefficient (Wildman–Crippen LogP) is 5.61. The maximum absolute atomic E-state index is 13.0. The number of halogens is 1. The number of thioether (sulfide) groups is 1. The second-order valence-electron chi connectivity index (χ2n) is 7.74. The highest BCUT2D eigenvalue weighted by Crippen LogP contribution is 2.48. The number of rotatable bonds is 7. The number of benzene rings is 1. The molecule has 1 saturated carbocycles. The third-order valence-electron chi connectivity index (χ3n) is 5.73. The molecule has 0 spiro atoms. The van der Waals surface area contributed by atoms with E-state index in [0.29, 0.717) is 28.7 Å².